The lowest BCUT2D eigenvalue weighted by molar-refractivity contribution is -0.158. The Hall–Kier alpha value is -0.780. The molecule has 3 nitrogen and oxygen atoms in total. The second kappa shape index (κ2) is 5.95. The van der Waals surface area contributed by atoms with Crippen LogP contribution in [-0.2, 0) is 4.79 Å². The van der Waals surface area contributed by atoms with Gasteiger partial charge in [0.2, 0.25) is 5.91 Å². The van der Waals surface area contributed by atoms with Crippen LogP contribution in [0.1, 0.15) is 19.8 Å². The Morgan fingerprint density at radius 1 is 1.47 bits per heavy atom. The van der Waals surface area contributed by atoms with E-state index in [1.165, 1.54) is 0 Å². The number of rotatable bonds is 5. The van der Waals surface area contributed by atoms with Crippen molar-refractivity contribution < 1.29 is 18.0 Å². The highest BCUT2D eigenvalue weighted by atomic mass is 19.4. The third kappa shape index (κ3) is 7.18. The number of nitrogens with zero attached hydrogens (tertiary/aromatic N) is 1. The summed E-state index contributed by atoms with van der Waals surface area (Å²) in [7, 11) is 1.16. The third-order valence-corrected chi connectivity index (χ3v) is 2.10. The quantitative estimate of drug-likeness (QED) is 0.769. The molecule has 0 aromatic heterocycles. The van der Waals surface area contributed by atoms with Crippen molar-refractivity contribution in [2.45, 2.75) is 25.9 Å². The summed E-state index contributed by atoms with van der Waals surface area (Å²) < 4.78 is 35.8. The number of hydrogen-bond acceptors (Lipinski definition) is 2. The van der Waals surface area contributed by atoms with Crippen molar-refractivity contribution in [2.24, 2.45) is 11.7 Å². The molecule has 0 saturated carbocycles. The zero-order chi connectivity index (χ0) is 12.1. The highest BCUT2D eigenvalue weighted by molar-refractivity contribution is 5.75. The van der Waals surface area contributed by atoms with Crippen LogP contribution in [0.15, 0.2) is 0 Å². The monoisotopic (exact) mass is 226 g/mol. The molecule has 0 aliphatic carbocycles. The van der Waals surface area contributed by atoms with Crippen LogP contribution in [0.2, 0.25) is 0 Å². The predicted molar refractivity (Wildman–Crippen MR) is 51.1 cm³/mol. The van der Waals surface area contributed by atoms with Gasteiger partial charge < -0.3 is 10.6 Å². The van der Waals surface area contributed by atoms with E-state index < -0.39 is 18.6 Å². The Morgan fingerprint density at radius 3 is 2.40 bits per heavy atom. The minimum Gasteiger partial charge on any atom is -0.337 e. The number of hydrogen-bond donors (Lipinski definition) is 1. The summed E-state index contributed by atoms with van der Waals surface area (Å²) in [5.74, 6) is -0.333. The second-order valence-corrected chi connectivity index (χ2v) is 3.74. The first kappa shape index (κ1) is 14.2. The van der Waals surface area contributed by atoms with E-state index in [0.717, 1.165) is 7.05 Å². The van der Waals surface area contributed by atoms with E-state index in [0.29, 0.717) is 17.9 Å². The predicted octanol–water partition coefficient (Wildman–Crippen LogP) is 1.38. The number of alkyl halides is 3. The zero-order valence-electron chi connectivity index (χ0n) is 8.97. The average Bonchev–Trinajstić information content (AvgIpc) is 2.10. The normalized spacial score (nSPS) is 13.7. The van der Waals surface area contributed by atoms with Gasteiger partial charge in [-0.15, -0.1) is 0 Å². The van der Waals surface area contributed by atoms with Crippen molar-refractivity contribution in [1.82, 2.24) is 4.90 Å². The number of nitrogens with two attached hydrogens (primary N) is 1. The topological polar surface area (TPSA) is 46.3 Å². The molecule has 0 aromatic carbocycles. The molecular weight excluding hydrogens is 209 g/mol. The van der Waals surface area contributed by atoms with Gasteiger partial charge in [0.15, 0.2) is 0 Å². The molecule has 1 atom stereocenters. The van der Waals surface area contributed by atoms with Crippen LogP contribution in [0.25, 0.3) is 0 Å². The van der Waals surface area contributed by atoms with E-state index in [9.17, 15) is 18.0 Å². The van der Waals surface area contributed by atoms with E-state index in [1.807, 2.05) is 6.92 Å². The Morgan fingerprint density at radius 2 is 2.00 bits per heavy atom. The fraction of sp³-hybridized carbons (Fsp3) is 0.889. The standard InChI is InChI=1S/C9H17F3N2O/c1-7(5-13)3-4-8(15)14(2)6-9(10,11)12/h7H,3-6,13H2,1-2H3. The average molecular weight is 226 g/mol. The van der Waals surface area contributed by atoms with Crippen LogP contribution < -0.4 is 5.73 Å². The Bertz CT molecular complexity index is 206. The van der Waals surface area contributed by atoms with Gasteiger partial charge in [-0.25, -0.2) is 0 Å². The van der Waals surface area contributed by atoms with E-state index in [1.54, 1.807) is 0 Å². The first-order valence-corrected chi connectivity index (χ1v) is 4.77. The van der Waals surface area contributed by atoms with E-state index >= 15 is 0 Å². The molecule has 1 amide bonds. The summed E-state index contributed by atoms with van der Waals surface area (Å²) in [6, 6.07) is 0. The smallest absolute Gasteiger partial charge is 0.337 e. The molecule has 1 unspecified atom stereocenters. The zero-order valence-corrected chi connectivity index (χ0v) is 8.97. The van der Waals surface area contributed by atoms with Gasteiger partial charge in [-0.2, -0.15) is 13.2 Å². The summed E-state index contributed by atoms with van der Waals surface area (Å²) in [6.07, 6.45) is -3.69. The minimum atomic E-state index is -4.33. The SMILES string of the molecule is CC(CN)CCC(=O)N(C)CC(F)(F)F. The lowest BCUT2D eigenvalue weighted by Gasteiger charge is -2.19. The van der Waals surface area contributed by atoms with Crippen molar-refractivity contribution in [2.75, 3.05) is 20.1 Å². The highest BCUT2D eigenvalue weighted by Crippen LogP contribution is 2.16. The fourth-order valence-corrected chi connectivity index (χ4v) is 1.04. The summed E-state index contributed by atoms with van der Waals surface area (Å²) in [4.78, 5) is 11.9. The van der Waals surface area contributed by atoms with Crippen LogP contribution in [0.5, 0.6) is 0 Å². The molecule has 0 aromatic rings. The molecule has 0 heterocycles. The molecule has 0 saturated heterocycles. The molecule has 0 bridgehead atoms. The molecule has 0 rings (SSSR count). The van der Waals surface area contributed by atoms with Crippen LogP contribution in [0.3, 0.4) is 0 Å². The molecular formula is C9H17F3N2O. The van der Waals surface area contributed by atoms with E-state index in [-0.39, 0.29) is 12.3 Å². The fourth-order valence-electron chi connectivity index (χ4n) is 1.04. The van der Waals surface area contributed by atoms with Crippen molar-refractivity contribution in [3.8, 4) is 0 Å². The van der Waals surface area contributed by atoms with Gasteiger partial charge in [-0.1, -0.05) is 6.92 Å². The van der Waals surface area contributed by atoms with Crippen molar-refractivity contribution in [3.05, 3.63) is 0 Å². The minimum absolute atomic E-state index is 0.116. The number of carbonyl (C=O) groups is 1. The first-order valence-electron chi connectivity index (χ1n) is 4.77. The number of amides is 1. The summed E-state index contributed by atoms with van der Waals surface area (Å²) >= 11 is 0. The third-order valence-electron chi connectivity index (χ3n) is 2.10. The van der Waals surface area contributed by atoms with Gasteiger partial charge in [0, 0.05) is 13.5 Å². The van der Waals surface area contributed by atoms with Gasteiger partial charge in [0.05, 0.1) is 0 Å². The molecule has 6 heteroatoms. The number of halogens is 3. The molecule has 90 valence electrons. The van der Waals surface area contributed by atoms with Gasteiger partial charge in [0.25, 0.3) is 0 Å². The maximum absolute atomic E-state index is 11.9. The number of carbonyl (C=O) groups excluding carboxylic acids is 1. The lowest BCUT2D eigenvalue weighted by Crippen LogP contribution is -2.36. The molecule has 0 fully saturated rings. The lowest BCUT2D eigenvalue weighted by atomic mass is 10.1. The van der Waals surface area contributed by atoms with Crippen molar-refractivity contribution in [1.29, 1.82) is 0 Å². The molecule has 0 radical (unpaired) electrons. The van der Waals surface area contributed by atoms with Crippen molar-refractivity contribution >= 4 is 5.91 Å². The molecule has 0 aliphatic rings. The summed E-state index contributed by atoms with van der Waals surface area (Å²) in [5.41, 5.74) is 5.33. The Kier molecular flexibility index (Phi) is 5.64. The summed E-state index contributed by atoms with van der Waals surface area (Å²) in [5, 5.41) is 0. The largest absolute Gasteiger partial charge is 0.406 e. The van der Waals surface area contributed by atoms with Crippen LogP contribution in [-0.4, -0.2) is 37.1 Å². The second-order valence-electron chi connectivity index (χ2n) is 3.74. The van der Waals surface area contributed by atoms with E-state index in [2.05, 4.69) is 0 Å². The Labute approximate surface area is 87.4 Å². The molecule has 15 heavy (non-hydrogen) atoms. The highest BCUT2D eigenvalue weighted by Gasteiger charge is 2.30. The molecule has 0 spiro atoms. The van der Waals surface area contributed by atoms with Gasteiger partial charge in [-0.05, 0) is 18.9 Å². The Balaban J connectivity index is 3.90. The molecule has 2 N–H and O–H groups in total. The van der Waals surface area contributed by atoms with Crippen molar-refractivity contribution in [3.63, 3.8) is 0 Å². The maximum atomic E-state index is 11.9. The van der Waals surface area contributed by atoms with Gasteiger partial charge in [-0.3, -0.25) is 4.79 Å². The first-order chi connectivity index (χ1) is 6.76. The molecule has 0 aliphatic heterocycles. The summed E-state index contributed by atoms with van der Waals surface area (Å²) in [6.45, 7) is 1.11. The maximum Gasteiger partial charge on any atom is 0.406 e. The van der Waals surface area contributed by atoms with E-state index in [4.69, 9.17) is 5.73 Å². The van der Waals surface area contributed by atoms with Crippen LogP contribution >= 0.6 is 0 Å². The van der Waals surface area contributed by atoms with Crippen LogP contribution in [0, 0.1) is 5.92 Å². The van der Waals surface area contributed by atoms with Gasteiger partial charge in [0.1, 0.15) is 6.54 Å². The van der Waals surface area contributed by atoms with Crippen LogP contribution in [0.4, 0.5) is 13.2 Å². The van der Waals surface area contributed by atoms with Gasteiger partial charge >= 0.3 is 6.18 Å².